The first-order valence-electron chi connectivity index (χ1n) is 13.2. The number of thioether (sulfide) groups is 1. The monoisotopic (exact) mass is 659 g/mol. The van der Waals surface area contributed by atoms with E-state index < -0.39 is 15.9 Å². The first-order valence-corrected chi connectivity index (χ1v) is 16.6. The summed E-state index contributed by atoms with van der Waals surface area (Å²) in [5.41, 5.74) is 0.811. The molecule has 2 amide bonds. The van der Waals surface area contributed by atoms with Gasteiger partial charge in [-0.15, -0.1) is 21.5 Å². The Bertz CT molecular complexity index is 1710. The highest BCUT2D eigenvalue weighted by Crippen LogP contribution is 2.32. The van der Waals surface area contributed by atoms with Crippen molar-refractivity contribution in [3.05, 3.63) is 65.4 Å². The maximum atomic E-state index is 13.1. The highest BCUT2D eigenvalue weighted by molar-refractivity contribution is 7.99. The number of rotatable bonds is 12. The minimum atomic E-state index is -3.69. The number of hydrogen-bond acceptors (Lipinski definition) is 12. The van der Waals surface area contributed by atoms with E-state index in [2.05, 4.69) is 25.8 Å². The molecule has 2 aromatic carbocycles. The number of ether oxygens (including phenoxy) is 3. The number of hydrogen-bond donors (Lipinski definition) is 2. The Hall–Kier alpha value is -4.03. The van der Waals surface area contributed by atoms with E-state index >= 15 is 0 Å². The Morgan fingerprint density at radius 2 is 1.84 bits per heavy atom. The molecule has 2 N–H and O–H groups in total. The van der Waals surface area contributed by atoms with E-state index in [9.17, 15) is 18.0 Å². The number of amides is 2. The third-order valence-corrected chi connectivity index (χ3v) is 10.0. The number of aromatic nitrogens is 4. The van der Waals surface area contributed by atoms with Gasteiger partial charge in [-0.1, -0.05) is 11.8 Å². The molecule has 14 nitrogen and oxygen atoms in total. The molecular formula is C27H29N7O7S3. The lowest BCUT2D eigenvalue weighted by Gasteiger charge is -2.26. The average molecular weight is 660 g/mol. The minimum absolute atomic E-state index is 0.0239. The molecule has 0 saturated carbocycles. The van der Waals surface area contributed by atoms with Gasteiger partial charge < -0.3 is 24.8 Å². The molecule has 0 atom stereocenters. The third-order valence-electron chi connectivity index (χ3n) is 6.47. The van der Waals surface area contributed by atoms with Crippen LogP contribution in [0.1, 0.15) is 16.2 Å². The fourth-order valence-electron chi connectivity index (χ4n) is 4.27. The van der Waals surface area contributed by atoms with Crippen LogP contribution in [0, 0.1) is 0 Å². The largest absolute Gasteiger partial charge is 0.497 e. The number of carbonyl (C=O) groups excluding carboxylic acids is 2. The van der Waals surface area contributed by atoms with Crippen molar-refractivity contribution in [2.75, 3.05) is 51.6 Å². The SMILES string of the molecule is COc1ccc(OC)c(-n2c(CNC(=O)c3ccc(S(=O)(=O)N4CCOCC4)cc3)nnc2SCC(=O)Nc2nccs2)c1. The van der Waals surface area contributed by atoms with Crippen molar-refractivity contribution < 1.29 is 32.2 Å². The van der Waals surface area contributed by atoms with Crippen molar-refractivity contribution >= 4 is 50.1 Å². The predicted molar refractivity (Wildman–Crippen MR) is 163 cm³/mol. The number of morpholine rings is 1. The first-order chi connectivity index (χ1) is 21.3. The van der Waals surface area contributed by atoms with Gasteiger partial charge in [0.25, 0.3) is 5.91 Å². The summed E-state index contributed by atoms with van der Waals surface area (Å²) in [5, 5.41) is 16.7. The van der Waals surface area contributed by atoms with Gasteiger partial charge in [0.15, 0.2) is 16.1 Å². The van der Waals surface area contributed by atoms with Gasteiger partial charge in [-0.3, -0.25) is 14.2 Å². The van der Waals surface area contributed by atoms with Crippen molar-refractivity contribution in [2.45, 2.75) is 16.6 Å². The van der Waals surface area contributed by atoms with Gasteiger partial charge in [-0.25, -0.2) is 13.4 Å². The molecule has 1 saturated heterocycles. The molecular weight excluding hydrogens is 631 g/mol. The zero-order valence-corrected chi connectivity index (χ0v) is 26.2. The second-order valence-electron chi connectivity index (χ2n) is 9.17. The van der Waals surface area contributed by atoms with Crippen LogP contribution in [0.25, 0.3) is 5.69 Å². The molecule has 0 aliphatic carbocycles. The summed E-state index contributed by atoms with van der Waals surface area (Å²) < 4.78 is 45.1. The Labute approximate surface area is 261 Å². The van der Waals surface area contributed by atoms with Gasteiger partial charge in [0.1, 0.15) is 11.5 Å². The van der Waals surface area contributed by atoms with E-state index in [0.29, 0.717) is 46.5 Å². The fourth-order valence-corrected chi connectivity index (χ4v) is 6.98. The molecule has 3 heterocycles. The van der Waals surface area contributed by atoms with Crippen LogP contribution in [-0.4, -0.2) is 90.6 Å². The number of sulfonamides is 1. The topological polar surface area (TPSA) is 167 Å². The smallest absolute Gasteiger partial charge is 0.251 e. The van der Waals surface area contributed by atoms with Crippen LogP contribution < -0.4 is 20.1 Å². The van der Waals surface area contributed by atoms with Crippen LogP contribution in [0.4, 0.5) is 5.13 Å². The lowest BCUT2D eigenvalue weighted by atomic mass is 10.2. The molecule has 2 aromatic heterocycles. The van der Waals surface area contributed by atoms with Crippen LogP contribution in [0.15, 0.2) is 64.1 Å². The Morgan fingerprint density at radius 3 is 2.52 bits per heavy atom. The Kier molecular flexibility index (Phi) is 10.1. The zero-order valence-electron chi connectivity index (χ0n) is 23.8. The van der Waals surface area contributed by atoms with E-state index in [1.165, 1.54) is 54.1 Å². The molecule has 5 rings (SSSR count). The predicted octanol–water partition coefficient (Wildman–Crippen LogP) is 2.42. The first kappa shape index (κ1) is 31.4. The lowest BCUT2D eigenvalue weighted by Crippen LogP contribution is -2.40. The van der Waals surface area contributed by atoms with Crippen LogP contribution in [0.5, 0.6) is 11.5 Å². The van der Waals surface area contributed by atoms with E-state index in [1.54, 1.807) is 34.3 Å². The van der Waals surface area contributed by atoms with Gasteiger partial charge >= 0.3 is 0 Å². The van der Waals surface area contributed by atoms with Crippen LogP contribution >= 0.6 is 23.1 Å². The fraction of sp³-hybridized carbons (Fsp3) is 0.296. The summed E-state index contributed by atoms with van der Waals surface area (Å²) in [4.78, 5) is 29.8. The molecule has 1 aliphatic heterocycles. The summed E-state index contributed by atoms with van der Waals surface area (Å²) in [7, 11) is -0.629. The Balaban J connectivity index is 1.34. The van der Waals surface area contributed by atoms with Crippen molar-refractivity contribution in [3.63, 3.8) is 0 Å². The van der Waals surface area contributed by atoms with Crippen LogP contribution in [0.3, 0.4) is 0 Å². The maximum absolute atomic E-state index is 13.1. The molecule has 4 aromatic rings. The number of thiazole rings is 1. The molecule has 0 unspecified atom stereocenters. The number of anilines is 1. The van der Waals surface area contributed by atoms with E-state index in [0.717, 1.165) is 11.8 Å². The standard InChI is InChI=1S/C27H29N7O7S3/c1-39-19-5-8-22(40-2)21(15-19)34-23(31-32-27(34)43-17-24(35)30-26-28-9-14-42-26)16-29-25(36)18-3-6-20(7-4-18)44(37,38)33-10-12-41-13-11-33/h3-9,14-15H,10-13,16-17H2,1-2H3,(H,29,36)(H,28,30,35). The second-order valence-corrected chi connectivity index (χ2v) is 12.9. The minimum Gasteiger partial charge on any atom is -0.497 e. The number of nitrogens with one attached hydrogen (secondary N) is 2. The van der Waals surface area contributed by atoms with Crippen LogP contribution in [0.2, 0.25) is 0 Å². The summed E-state index contributed by atoms with van der Waals surface area (Å²) in [6.07, 6.45) is 1.60. The number of benzene rings is 2. The van der Waals surface area contributed by atoms with Crippen molar-refractivity contribution in [1.82, 2.24) is 29.4 Å². The van der Waals surface area contributed by atoms with Crippen molar-refractivity contribution in [2.24, 2.45) is 0 Å². The number of methoxy groups -OCH3 is 2. The van der Waals surface area contributed by atoms with Gasteiger partial charge in [-0.2, -0.15) is 4.31 Å². The number of carbonyl (C=O) groups is 2. The summed E-state index contributed by atoms with van der Waals surface area (Å²) >= 11 is 2.46. The van der Waals surface area contributed by atoms with Gasteiger partial charge in [0, 0.05) is 36.3 Å². The van der Waals surface area contributed by atoms with Gasteiger partial charge in [-0.05, 0) is 36.4 Å². The molecule has 1 fully saturated rings. The highest BCUT2D eigenvalue weighted by atomic mass is 32.2. The lowest BCUT2D eigenvalue weighted by molar-refractivity contribution is -0.113. The molecule has 1 aliphatic rings. The molecule has 17 heteroatoms. The molecule has 0 radical (unpaired) electrons. The van der Waals surface area contributed by atoms with Crippen LogP contribution in [-0.2, 0) is 26.1 Å². The normalized spacial score (nSPS) is 13.8. The molecule has 44 heavy (non-hydrogen) atoms. The van der Waals surface area contributed by atoms with E-state index in [1.807, 2.05) is 0 Å². The quantitative estimate of drug-likeness (QED) is 0.215. The summed E-state index contributed by atoms with van der Waals surface area (Å²) in [5.74, 6) is 0.712. The zero-order chi connectivity index (χ0) is 31.1. The Morgan fingerprint density at radius 1 is 1.07 bits per heavy atom. The molecule has 0 bridgehead atoms. The summed E-state index contributed by atoms with van der Waals surface area (Å²) in [6.45, 7) is 1.20. The highest BCUT2D eigenvalue weighted by Gasteiger charge is 2.26. The van der Waals surface area contributed by atoms with E-state index in [4.69, 9.17) is 14.2 Å². The molecule has 232 valence electrons. The molecule has 0 spiro atoms. The van der Waals surface area contributed by atoms with E-state index in [-0.39, 0.29) is 41.8 Å². The van der Waals surface area contributed by atoms with Gasteiger partial charge in [0.05, 0.1) is 50.3 Å². The van der Waals surface area contributed by atoms with Crippen molar-refractivity contribution in [3.8, 4) is 17.2 Å². The second kappa shape index (κ2) is 14.2. The maximum Gasteiger partial charge on any atom is 0.251 e. The van der Waals surface area contributed by atoms with Gasteiger partial charge in [0.2, 0.25) is 15.9 Å². The third kappa shape index (κ3) is 7.19. The summed E-state index contributed by atoms with van der Waals surface area (Å²) in [6, 6.07) is 10.9. The van der Waals surface area contributed by atoms with Crippen molar-refractivity contribution in [1.29, 1.82) is 0 Å². The average Bonchev–Trinajstić information content (AvgIpc) is 3.72. The number of nitrogens with zero attached hydrogens (tertiary/aromatic N) is 5.